The van der Waals surface area contributed by atoms with Gasteiger partial charge in [-0.05, 0) is 36.1 Å². The fraction of sp³-hybridized carbons (Fsp3) is 0.400. The van der Waals surface area contributed by atoms with Crippen LogP contribution in [0.15, 0.2) is 42.5 Å². The van der Waals surface area contributed by atoms with Gasteiger partial charge in [-0.1, -0.05) is 32.0 Å². The van der Waals surface area contributed by atoms with Crippen molar-refractivity contribution in [3.8, 4) is 17.2 Å². The van der Waals surface area contributed by atoms with Gasteiger partial charge in [0.05, 0.1) is 19.9 Å². The fourth-order valence-electron chi connectivity index (χ4n) is 2.54. The molecule has 0 radical (unpaired) electrons. The Hall–Kier alpha value is -2.36. The molecule has 24 heavy (non-hydrogen) atoms. The highest BCUT2D eigenvalue weighted by Crippen LogP contribution is 2.30. The molecule has 4 heteroatoms. The molecule has 0 aromatic heterocycles. The van der Waals surface area contributed by atoms with E-state index in [1.54, 1.807) is 14.2 Å². The van der Waals surface area contributed by atoms with Gasteiger partial charge in [0, 0.05) is 12.6 Å². The van der Waals surface area contributed by atoms with Gasteiger partial charge in [0.2, 0.25) is 0 Å². The second kappa shape index (κ2) is 9.06. The van der Waals surface area contributed by atoms with E-state index >= 15 is 0 Å². The first-order valence-corrected chi connectivity index (χ1v) is 8.37. The first-order valence-electron chi connectivity index (χ1n) is 8.37. The lowest BCUT2D eigenvalue weighted by Crippen LogP contribution is -2.13. The van der Waals surface area contributed by atoms with Crippen molar-refractivity contribution in [2.24, 2.45) is 0 Å². The van der Waals surface area contributed by atoms with Crippen molar-refractivity contribution in [3.05, 3.63) is 48.0 Å². The number of benzene rings is 2. The molecular formula is C20H27NO3. The van der Waals surface area contributed by atoms with Gasteiger partial charge in [-0.25, -0.2) is 0 Å². The van der Waals surface area contributed by atoms with Crippen molar-refractivity contribution in [2.75, 3.05) is 32.7 Å². The van der Waals surface area contributed by atoms with Gasteiger partial charge >= 0.3 is 0 Å². The molecule has 0 spiro atoms. The van der Waals surface area contributed by atoms with E-state index in [0.29, 0.717) is 19.1 Å². The van der Waals surface area contributed by atoms with Crippen LogP contribution in [0.5, 0.6) is 17.2 Å². The number of methoxy groups -OCH3 is 2. The molecule has 0 heterocycles. The molecule has 4 nitrogen and oxygen atoms in total. The lowest BCUT2D eigenvalue weighted by molar-refractivity contribution is 0.327. The quantitative estimate of drug-likeness (QED) is 0.676. The normalized spacial score (nSPS) is 11.7. The summed E-state index contributed by atoms with van der Waals surface area (Å²) in [5, 5.41) is 3.34. The molecule has 1 N–H and O–H groups in total. The van der Waals surface area contributed by atoms with E-state index in [2.05, 4.69) is 31.3 Å². The smallest absolute Gasteiger partial charge is 0.142 e. The summed E-state index contributed by atoms with van der Waals surface area (Å²) in [7, 11) is 3.31. The zero-order valence-electron chi connectivity index (χ0n) is 15.0. The zero-order valence-corrected chi connectivity index (χ0v) is 15.0. The first-order chi connectivity index (χ1) is 11.7. The van der Waals surface area contributed by atoms with Crippen molar-refractivity contribution in [3.63, 3.8) is 0 Å². The van der Waals surface area contributed by atoms with E-state index in [0.717, 1.165) is 29.4 Å². The average molecular weight is 329 g/mol. The predicted octanol–water partition coefficient (Wildman–Crippen LogP) is 4.71. The fourth-order valence-corrected chi connectivity index (χ4v) is 2.54. The van der Waals surface area contributed by atoms with Gasteiger partial charge in [-0.3, -0.25) is 0 Å². The summed E-state index contributed by atoms with van der Waals surface area (Å²) < 4.78 is 16.6. The number of hydrogen-bond acceptors (Lipinski definition) is 4. The maximum atomic E-state index is 5.98. The van der Waals surface area contributed by atoms with E-state index in [1.165, 1.54) is 5.56 Å². The number of hydrogen-bond donors (Lipinski definition) is 1. The third-order valence-corrected chi connectivity index (χ3v) is 4.14. The summed E-state index contributed by atoms with van der Waals surface area (Å²) in [6.07, 6.45) is 1.10. The molecular weight excluding hydrogens is 302 g/mol. The molecule has 0 saturated heterocycles. The SMILES string of the molecule is CC[C@H](C)c1ccccc1OCCNc1cc(OC)ccc1OC. The molecule has 130 valence electrons. The lowest BCUT2D eigenvalue weighted by Gasteiger charge is -2.17. The van der Waals surface area contributed by atoms with Crippen LogP contribution in [-0.4, -0.2) is 27.4 Å². The molecule has 0 unspecified atom stereocenters. The van der Waals surface area contributed by atoms with Crippen molar-refractivity contribution in [1.29, 1.82) is 0 Å². The molecule has 1 atom stereocenters. The van der Waals surface area contributed by atoms with Crippen LogP contribution in [0.25, 0.3) is 0 Å². The van der Waals surface area contributed by atoms with Gasteiger partial charge in [0.1, 0.15) is 23.9 Å². The predicted molar refractivity (Wildman–Crippen MR) is 98.7 cm³/mol. The topological polar surface area (TPSA) is 39.7 Å². The van der Waals surface area contributed by atoms with Crippen LogP contribution in [0.1, 0.15) is 31.7 Å². The zero-order chi connectivity index (χ0) is 17.4. The summed E-state index contributed by atoms with van der Waals surface area (Å²) >= 11 is 0. The number of rotatable bonds is 9. The van der Waals surface area contributed by atoms with Crippen LogP contribution in [-0.2, 0) is 0 Å². The summed E-state index contributed by atoms with van der Waals surface area (Å²) in [4.78, 5) is 0. The molecule has 0 aliphatic heterocycles. The lowest BCUT2D eigenvalue weighted by atomic mass is 9.98. The average Bonchev–Trinajstić information content (AvgIpc) is 2.64. The number of anilines is 1. The highest BCUT2D eigenvalue weighted by Gasteiger charge is 2.09. The van der Waals surface area contributed by atoms with Crippen molar-refractivity contribution < 1.29 is 14.2 Å². The van der Waals surface area contributed by atoms with Gasteiger partial charge in [-0.15, -0.1) is 0 Å². The molecule has 0 amide bonds. The Balaban J connectivity index is 1.94. The Morgan fingerprint density at radius 3 is 2.50 bits per heavy atom. The Labute approximate surface area is 144 Å². The van der Waals surface area contributed by atoms with Gasteiger partial charge in [0.15, 0.2) is 0 Å². The Kier molecular flexibility index (Phi) is 6.79. The molecule has 0 fully saturated rings. The van der Waals surface area contributed by atoms with Crippen molar-refractivity contribution >= 4 is 5.69 Å². The molecule has 2 aromatic carbocycles. The summed E-state index contributed by atoms with van der Waals surface area (Å²) in [6.45, 7) is 5.67. The Bertz CT molecular complexity index is 643. The highest BCUT2D eigenvalue weighted by atomic mass is 16.5. The molecule has 2 aromatic rings. The minimum absolute atomic E-state index is 0.493. The summed E-state index contributed by atoms with van der Waals surface area (Å²) in [5.74, 6) is 3.04. The molecule has 0 saturated carbocycles. The maximum absolute atomic E-state index is 5.98. The molecule has 2 rings (SSSR count). The summed E-state index contributed by atoms with van der Waals surface area (Å²) in [6, 6.07) is 13.9. The van der Waals surface area contributed by atoms with Crippen molar-refractivity contribution in [2.45, 2.75) is 26.2 Å². The van der Waals surface area contributed by atoms with Crippen LogP contribution in [0.3, 0.4) is 0 Å². The largest absolute Gasteiger partial charge is 0.497 e. The van der Waals surface area contributed by atoms with Crippen LogP contribution >= 0.6 is 0 Å². The monoisotopic (exact) mass is 329 g/mol. The number of nitrogens with one attached hydrogen (secondary N) is 1. The van der Waals surface area contributed by atoms with Crippen LogP contribution in [0, 0.1) is 0 Å². The Morgan fingerprint density at radius 1 is 1.00 bits per heavy atom. The van der Waals surface area contributed by atoms with E-state index in [1.807, 2.05) is 30.3 Å². The number of ether oxygens (including phenoxy) is 3. The van der Waals surface area contributed by atoms with E-state index < -0.39 is 0 Å². The van der Waals surface area contributed by atoms with Crippen LogP contribution in [0.2, 0.25) is 0 Å². The third kappa shape index (κ3) is 4.57. The highest BCUT2D eigenvalue weighted by molar-refractivity contribution is 5.59. The molecule has 0 aliphatic carbocycles. The third-order valence-electron chi connectivity index (χ3n) is 4.14. The van der Waals surface area contributed by atoms with E-state index in [9.17, 15) is 0 Å². The second-order valence-corrected chi connectivity index (χ2v) is 5.69. The van der Waals surface area contributed by atoms with E-state index in [-0.39, 0.29) is 0 Å². The van der Waals surface area contributed by atoms with Gasteiger partial charge in [0.25, 0.3) is 0 Å². The molecule has 0 aliphatic rings. The van der Waals surface area contributed by atoms with Crippen LogP contribution in [0.4, 0.5) is 5.69 Å². The number of para-hydroxylation sites is 1. The second-order valence-electron chi connectivity index (χ2n) is 5.69. The maximum Gasteiger partial charge on any atom is 0.142 e. The molecule has 0 bridgehead atoms. The minimum atomic E-state index is 0.493. The first kappa shape index (κ1) is 18.0. The van der Waals surface area contributed by atoms with Crippen LogP contribution < -0.4 is 19.5 Å². The van der Waals surface area contributed by atoms with Gasteiger partial charge in [-0.2, -0.15) is 0 Å². The summed E-state index contributed by atoms with van der Waals surface area (Å²) in [5.41, 5.74) is 2.16. The standard InChI is InChI=1S/C20H27NO3/c1-5-15(2)17-8-6-7-9-19(17)24-13-12-21-18-14-16(22-3)10-11-20(18)23-4/h6-11,14-15,21H,5,12-13H2,1-4H3/t15-/m0/s1. The Morgan fingerprint density at radius 2 is 1.79 bits per heavy atom. The van der Waals surface area contributed by atoms with Gasteiger partial charge < -0.3 is 19.5 Å². The minimum Gasteiger partial charge on any atom is -0.497 e. The van der Waals surface area contributed by atoms with E-state index in [4.69, 9.17) is 14.2 Å². The van der Waals surface area contributed by atoms with Crippen molar-refractivity contribution in [1.82, 2.24) is 0 Å².